The Bertz CT molecular complexity index is 527. The Morgan fingerprint density at radius 2 is 2.00 bits per heavy atom. The molecule has 4 nitrogen and oxygen atoms in total. The Hall–Kier alpha value is -1.33. The zero-order chi connectivity index (χ0) is 15.1. The summed E-state index contributed by atoms with van der Waals surface area (Å²) in [6.07, 6.45) is 1.73. The molecule has 1 heterocycles. The van der Waals surface area contributed by atoms with E-state index in [9.17, 15) is 0 Å². The van der Waals surface area contributed by atoms with Crippen LogP contribution in [0.25, 0.3) is 0 Å². The van der Waals surface area contributed by atoms with Crippen LogP contribution in [0.15, 0.2) is 34.9 Å². The molecule has 1 atom stereocenters. The normalized spacial score (nSPS) is 12.8. The third-order valence-corrected chi connectivity index (χ3v) is 4.43. The molecule has 2 N–H and O–H groups in total. The van der Waals surface area contributed by atoms with Crippen LogP contribution >= 0.6 is 11.8 Å². The highest BCUT2D eigenvalue weighted by molar-refractivity contribution is 7.98. The minimum atomic E-state index is -0.193. The Morgan fingerprint density at radius 1 is 1.24 bits per heavy atom. The fourth-order valence-electron chi connectivity index (χ4n) is 1.95. The van der Waals surface area contributed by atoms with E-state index in [0.29, 0.717) is 11.8 Å². The molecule has 0 fully saturated rings. The highest BCUT2D eigenvalue weighted by atomic mass is 32.2. The number of hydrogen-bond donors (Lipinski definition) is 1. The first-order chi connectivity index (χ1) is 10.1. The Balaban J connectivity index is 1.80. The summed E-state index contributed by atoms with van der Waals surface area (Å²) >= 11 is 1.82. The molecule has 0 radical (unpaired) electrons. The minimum absolute atomic E-state index is 0.193. The number of thioether (sulfide) groups is 1. The van der Waals surface area contributed by atoms with Gasteiger partial charge in [-0.2, -0.15) is 16.7 Å². The quantitative estimate of drug-likeness (QED) is 0.807. The van der Waals surface area contributed by atoms with Gasteiger partial charge in [0.15, 0.2) is 5.82 Å². The fourth-order valence-corrected chi connectivity index (χ4v) is 2.84. The third-order valence-electron chi connectivity index (χ3n) is 3.07. The molecule has 5 heteroatoms. The molecular weight excluding hydrogens is 282 g/mol. The third kappa shape index (κ3) is 5.52. The molecule has 21 heavy (non-hydrogen) atoms. The average molecular weight is 305 g/mol. The molecule has 0 aliphatic carbocycles. The molecule has 2 rings (SSSR count). The first-order valence-corrected chi connectivity index (χ1v) is 8.50. The van der Waals surface area contributed by atoms with E-state index in [1.165, 1.54) is 5.56 Å². The second kappa shape index (κ2) is 8.20. The van der Waals surface area contributed by atoms with Crippen molar-refractivity contribution in [2.45, 2.75) is 38.5 Å². The Labute approximate surface area is 130 Å². The second-order valence-corrected chi connectivity index (χ2v) is 6.62. The van der Waals surface area contributed by atoms with E-state index in [2.05, 4.69) is 36.1 Å². The van der Waals surface area contributed by atoms with Crippen LogP contribution in [0.4, 0.5) is 0 Å². The van der Waals surface area contributed by atoms with Gasteiger partial charge in [0.2, 0.25) is 5.89 Å². The van der Waals surface area contributed by atoms with Crippen molar-refractivity contribution in [3.63, 3.8) is 0 Å². The smallest absolute Gasteiger partial charge is 0.243 e. The summed E-state index contributed by atoms with van der Waals surface area (Å²) in [5.41, 5.74) is 7.41. The maximum Gasteiger partial charge on any atom is 0.243 e. The summed E-state index contributed by atoms with van der Waals surface area (Å²) in [6, 6.07) is 10.1. The summed E-state index contributed by atoms with van der Waals surface area (Å²) in [7, 11) is 0. The van der Waals surface area contributed by atoms with E-state index in [1.807, 2.05) is 30.0 Å². The fraction of sp³-hybridized carbons (Fsp3) is 0.500. The summed E-state index contributed by atoms with van der Waals surface area (Å²) in [5, 5.41) is 4.00. The zero-order valence-corrected chi connectivity index (χ0v) is 13.5. The number of benzene rings is 1. The van der Waals surface area contributed by atoms with E-state index in [1.54, 1.807) is 0 Å². The highest BCUT2D eigenvalue weighted by Crippen LogP contribution is 2.18. The molecule has 0 saturated heterocycles. The van der Waals surface area contributed by atoms with Crippen molar-refractivity contribution in [3.05, 3.63) is 47.6 Å². The topological polar surface area (TPSA) is 64.9 Å². The van der Waals surface area contributed by atoms with Crippen molar-refractivity contribution in [1.82, 2.24) is 10.1 Å². The molecule has 1 aromatic heterocycles. The predicted molar refractivity (Wildman–Crippen MR) is 87.0 cm³/mol. The van der Waals surface area contributed by atoms with Gasteiger partial charge in [-0.05, 0) is 30.1 Å². The zero-order valence-electron chi connectivity index (χ0n) is 12.7. The van der Waals surface area contributed by atoms with Gasteiger partial charge in [-0.3, -0.25) is 0 Å². The number of rotatable bonds is 8. The van der Waals surface area contributed by atoms with Crippen LogP contribution in [0.1, 0.15) is 43.6 Å². The van der Waals surface area contributed by atoms with Crippen molar-refractivity contribution in [2.24, 2.45) is 11.7 Å². The van der Waals surface area contributed by atoms with Crippen molar-refractivity contribution >= 4 is 11.8 Å². The summed E-state index contributed by atoms with van der Waals surface area (Å²) in [4.78, 5) is 4.40. The van der Waals surface area contributed by atoms with Gasteiger partial charge in [-0.15, -0.1) is 0 Å². The standard InChI is InChI=1S/C16H23N3OS/c1-12(2)10-21-11-15-18-16(20-19-15)14(17)9-8-13-6-4-3-5-7-13/h3-7,12,14H,8-11,17H2,1-2H3/t14-/m0/s1. The minimum Gasteiger partial charge on any atom is -0.338 e. The Morgan fingerprint density at radius 3 is 2.71 bits per heavy atom. The van der Waals surface area contributed by atoms with Crippen LogP contribution in [-0.2, 0) is 12.2 Å². The van der Waals surface area contributed by atoms with Gasteiger partial charge in [-0.25, -0.2) is 0 Å². The maximum atomic E-state index is 6.13. The van der Waals surface area contributed by atoms with Crippen molar-refractivity contribution < 1.29 is 4.52 Å². The van der Waals surface area contributed by atoms with Gasteiger partial charge in [0.25, 0.3) is 0 Å². The van der Waals surface area contributed by atoms with E-state index in [0.717, 1.165) is 30.2 Å². The predicted octanol–water partition coefficient (Wildman–Crippen LogP) is 3.59. The summed E-state index contributed by atoms with van der Waals surface area (Å²) in [5.74, 6) is 3.85. The summed E-state index contributed by atoms with van der Waals surface area (Å²) < 4.78 is 5.27. The molecule has 0 amide bonds. The molecule has 0 aliphatic heterocycles. The molecule has 0 unspecified atom stereocenters. The van der Waals surface area contributed by atoms with Crippen molar-refractivity contribution in [2.75, 3.05) is 5.75 Å². The molecule has 0 saturated carbocycles. The maximum absolute atomic E-state index is 6.13. The molecule has 0 bridgehead atoms. The molecule has 2 aromatic rings. The van der Waals surface area contributed by atoms with Crippen LogP contribution in [-0.4, -0.2) is 15.9 Å². The monoisotopic (exact) mass is 305 g/mol. The number of aromatic nitrogens is 2. The lowest BCUT2D eigenvalue weighted by Crippen LogP contribution is -2.11. The van der Waals surface area contributed by atoms with E-state index in [-0.39, 0.29) is 6.04 Å². The van der Waals surface area contributed by atoms with E-state index >= 15 is 0 Å². The molecule has 0 aliphatic rings. The second-order valence-electron chi connectivity index (χ2n) is 5.59. The number of nitrogens with two attached hydrogens (primary N) is 1. The average Bonchev–Trinajstić information content (AvgIpc) is 2.94. The van der Waals surface area contributed by atoms with Gasteiger partial charge in [0.1, 0.15) is 0 Å². The molecule has 1 aromatic carbocycles. The first kappa shape index (κ1) is 16.0. The summed E-state index contributed by atoms with van der Waals surface area (Å²) in [6.45, 7) is 4.41. The molecule has 114 valence electrons. The van der Waals surface area contributed by atoms with Gasteiger partial charge in [0, 0.05) is 0 Å². The van der Waals surface area contributed by atoms with Crippen molar-refractivity contribution in [1.29, 1.82) is 0 Å². The van der Waals surface area contributed by atoms with E-state index in [4.69, 9.17) is 10.3 Å². The first-order valence-electron chi connectivity index (χ1n) is 7.35. The Kier molecular flexibility index (Phi) is 6.26. The number of aryl methyl sites for hydroxylation is 1. The SMILES string of the molecule is CC(C)CSCc1noc([C@@H](N)CCc2ccccc2)n1. The largest absolute Gasteiger partial charge is 0.338 e. The number of hydrogen-bond acceptors (Lipinski definition) is 5. The van der Waals surface area contributed by atoms with Crippen LogP contribution in [0, 0.1) is 5.92 Å². The van der Waals surface area contributed by atoms with Crippen LogP contribution in [0.5, 0.6) is 0 Å². The van der Waals surface area contributed by atoms with Crippen LogP contribution < -0.4 is 5.73 Å². The lowest BCUT2D eigenvalue weighted by atomic mass is 10.1. The molecule has 0 spiro atoms. The van der Waals surface area contributed by atoms with Crippen LogP contribution in [0.3, 0.4) is 0 Å². The van der Waals surface area contributed by atoms with Gasteiger partial charge < -0.3 is 10.3 Å². The lowest BCUT2D eigenvalue weighted by molar-refractivity contribution is 0.346. The molecular formula is C16H23N3OS. The van der Waals surface area contributed by atoms with E-state index < -0.39 is 0 Å². The highest BCUT2D eigenvalue weighted by Gasteiger charge is 2.14. The van der Waals surface area contributed by atoms with Crippen molar-refractivity contribution in [3.8, 4) is 0 Å². The van der Waals surface area contributed by atoms with Crippen LogP contribution in [0.2, 0.25) is 0 Å². The van der Waals surface area contributed by atoms with Gasteiger partial charge >= 0.3 is 0 Å². The van der Waals surface area contributed by atoms with Gasteiger partial charge in [0.05, 0.1) is 11.8 Å². The lowest BCUT2D eigenvalue weighted by Gasteiger charge is -2.06. The number of nitrogens with zero attached hydrogens (tertiary/aromatic N) is 2. The van der Waals surface area contributed by atoms with Gasteiger partial charge in [-0.1, -0.05) is 49.3 Å².